The van der Waals surface area contributed by atoms with Crippen LogP contribution in [0.15, 0.2) is 18.2 Å². The average molecular weight is 262 g/mol. The number of benzene rings is 1. The third kappa shape index (κ3) is 4.65. The van der Waals surface area contributed by atoms with Gasteiger partial charge in [0.15, 0.2) is 0 Å². The van der Waals surface area contributed by atoms with Crippen LogP contribution in [0.3, 0.4) is 0 Å². The first-order valence-electron chi connectivity index (χ1n) is 5.41. The molecule has 1 aromatic rings. The van der Waals surface area contributed by atoms with Crippen LogP contribution >= 0.6 is 0 Å². The van der Waals surface area contributed by atoms with Gasteiger partial charge in [-0.05, 0) is 37.1 Å². The molecule has 0 atom stereocenters. The van der Waals surface area contributed by atoms with E-state index in [2.05, 4.69) is 4.74 Å². The van der Waals surface area contributed by atoms with Gasteiger partial charge in [0.2, 0.25) is 0 Å². The molecule has 0 saturated carbocycles. The van der Waals surface area contributed by atoms with Crippen molar-refractivity contribution >= 4 is 5.97 Å². The van der Waals surface area contributed by atoms with Crippen LogP contribution in [0.4, 0.5) is 13.2 Å². The molecule has 0 bridgehead atoms. The summed E-state index contributed by atoms with van der Waals surface area (Å²) in [7, 11) is 0. The summed E-state index contributed by atoms with van der Waals surface area (Å²) in [6.07, 6.45) is 0.0650. The minimum atomic E-state index is -2.99. The summed E-state index contributed by atoms with van der Waals surface area (Å²) in [5.74, 6) is -1.17. The van der Waals surface area contributed by atoms with Crippen LogP contribution in [0.2, 0.25) is 0 Å². The first kappa shape index (κ1) is 14.3. The fourth-order valence-corrected chi connectivity index (χ4v) is 1.42. The maximum absolute atomic E-state index is 13.0. The minimum Gasteiger partial charge on any atom is -0.466 e. The molecule has 0 unspecified atom stereocenters. The van der Waals surface area contributed by atoms with E-state index in [1.165, 1.54) is 0 Å². The average Bonchev–Trinajstić information content (AvgIpc) is 2.29. The number of carbonyl (C=O) groups excluding carboxylic acids is 1. The van der Waals surface area contributed by atoms with E-state index >= 15 is 0 Å². The predicted octanol–water partition coefficient (Wildman–Crippen LogP) is 2.92. The quantitative estimate of drug-likeness (QED) is 0.739. The third-order valence-corrected chi connectivity index (χ3v) is 2.14. The Bertz CT molecular complexity index is 408. The molecule has 0 aromatic heterocycles. The highest BCUT2D eigenvalue weighted by Crippen LogP contribution is 2.23. The van der Waals surface area contributed by atoms with Gasteiger partial charge in [-0.3, -0.25) is 4.79 Å². The van der Waals surface area contributed by atoms with Crippen molar-refractivity contribution < 1.29 is 27.4 Å². The SMILES string of the molecule is CCOC(=O)CCc1cc(F)ccc1OC(F)F. The van der Waals surface area contributed by atoms with E-state index in [4.69, 9.17) is 4.74 Å². The molecule has 0 radical (unpaired) electrons. The van der Waals surface area contributed by atoms with Crippen molar-refractivity contribution in [3.8, 4) is 5.75 Å². The van der Waals surface area contributed by atoms with Gasteiger partial charge in [0, 0.05) is 6.42 Å². The van der Waals surface area contributed by atoms with Crippen molar-refractivity contribution in [2.24, 2.45) is 0 Å². The Morgan fingerprint density at radius 3 is 2.72 bits per heavy atom. The Kier molecular flexibility index (Phi) is 5.48. The summed E-state index contributed by atoms with van der Waals surface area (Å²) < 4.78 is 46.2. The van der Waals surface area contributed by atoms with Gasteiger partial charge in [-0.2, -0.15) is 8.78 Å². The molecular formula is C12H13F3O3. The lowest BCUT2D eigenvalue weighted by atomic mass is 10.1. The van der Waals surface area contributed by atoms with Gasteiger partial charge in [0.25, 0.3) is 0 Å². The van der Waals surface area contributed by atoms with Crippen LogP contribution < -0.4 is 4.74 Å². The number of alkyl halides is 2. The minimum absolute atomic E-state index is 0.0170. The smallest absolute Gasteiger partial charge is 0.387 e. The van der Waals surface area contributed by atoms with Crippen molar-refractivity contribution in [3.63, 3.8) is 0 Å². The summed E-state index contributed by atoms with van der Waals surface area (Å²) in [4.78, 5) is 11.1. The van der Waals surface area contributed by atoms with Gasteiger partial charge in [0.05, 0.1) is 6.61 Å². The molecule has 1 rings (SSSR count). The Morgan fingerprint density at radius 2 is 2.11 bits per heavy atom. The molecule has 6 heteroatoms. The third-order valence-electron chi connectivity index (χ3n) is 2.14. The van der Waals surface area contributed by atoms with E-state index in [0.717, 1.165) is 18.2 Å². The Hall–Kier alpha value is -1.72. The molecule has 0 heterocycles. The lowest BCUT2D eigenvalue weighted by Gasteiger charge is -2.10. The standard InChI is InChI=1S/C12H13F3O3/c1-2-17-11(16)6-3-8-7-9(13)4-5-10(8)18-12(14)15/h4-5,7,12H,2-3,6H2,1H3. The van der Waals surface area contributed by atoms with E-state index in [-0.39, 0.29) is 30.8 Å². The number of ether oxygens (including phenoxy) is 2. The van der Waals surface area contributed by atoms with E-state index in [9.17, 15) is 18.0 Å². The van der Waals surface area contributed by atoms with Crippen molar-refractivity contribution in [2.75, 3.05) is 6.61 Å². The molecule has 0 amide bonds. The second-order valence-corrected chi connectivity index (χ2v) is 3.44. The fourth-order valence-electron chi connectivity index (χ4n) is 1.42. The molecule has 18 heavy (non-hydrogen) atoms. The van der Waals surface area contributed by atoms with Crippen LogP contribution in [0.25, 0.3) is 0 Å². The van der Waals surface area contributed by atoms with Crippen LogP contribution in [0, 0.1) is 5.82 Å². The normalized spacial score (nSPS) is 10.5. The summed E-state index contributed by atoms with van der Waals surface area (Å²) in [5, 5.41) is 0. The Morgan fingerprint density at radius 1 is 1.39 bits per heavy atom. The van der Waals surface area contributed by atoms with Crippen molar-refractivity contribution in [1.82, 2.24) is 0 Å². The molecular weight excluding hydrogens is 249 g/mol. The van der Waals surface area contributed by atoms with Crippen LogP contribution in [0.1, 0.15) is 18.9 Å². The van der Waals surface area contributed by atoms with E-state index < -0.39 is 18.4 Å². The molecule has 0 fully saturated rings. The topological polar surface area (TPSA) is 35.5 Å². The fraction of sp³-hybridized carbons (Fsp3) is 0.417. The lowest BCUT2D eigenvalue weighted by molar-refractivity contribution is -0.143. The highest BCUT2D eigenvalue weighted by Gasteiger charge is 2.12. The van der Waals surface area contributed by atoms with E-state index in [0.29, 0.717) is 0 Å². The molecule has 1 aromatic carbocycles. The molecule has 0 aliphatic rings. The number of esters is 1. The van der Waals surface area contributed by atoms with Gasteiger partial charge in [-0.1, -0.05) is 0 Å². The molecule has 0 N–H and O–H groups in total. The maximum Gasteiger partial charge on any atom is 0.387 e. The van der Waals surface area contributed by atoms with Crippen LogP contribution in [0.5, 0.6) is 5.75 Å². The number of hydrogen-bond donors (Lipinski definition) is 0. The van der Waals surface area contributed by atoms with E-state index in [1.807, 2.05) is 0 Å². The summed E-state index contributed by atoms with van der Waals surface area (Å²) in [5.41, 5.74) is 0.211. The molecule has 0 aliphatic carbocycles. The van der Waals surface area contributed by atoms with E-state index in [1.54, 1.807) is 6.92 Å². The van der Waals surface area contributed by atoms with Crippen molar-refractivity contribution in [2.45, 2.75) is 26.4 Å². The summed E-state index contributed by atoms with van der Waals surface area (Å²) in [6, 6.07) is 3.20. The maximum atomic E-state index is 13.0. The monoisotopic (exact) mass is 262 g/mol. The van der Waals surface area contributed by atoms with Crippen molar-refractivity contribution in [3.05, 3.63) is 29.6 Å². The second kappa shape index (κ2) is 6.88. The van der Waals surface area contributed by atoms with Gasteiger partial charge in [-0.15, -0.1) is 0 Å². The second-order valence-electron chi connectivity index (χ2n) is 3.44. The molecule has 0 spiro atoms. The number of halogens is 3. The molecule has 100 valence electrons. The first-order valence-corrected chi connectivity index (χ1v) is 5.41. The van der Waals surface area contributed by atoms with Crippen molar-refractivity contribution in [1.29, 1.82) is 0 Å². The van der Waals surface area contributed by atoms with Gasteiger partial charge < -0.3 is 9.47 Å². The Labute approximate surface area is 103 Å². The highest BCUT2D eigenvalue weighted by atomic mass is 19.3. The number of aryl methyl sites for hydroxylation is 1. The first-order chi connectivity index (χ1) is 8.52. The largest absolute Gasteiger partial charge is 0.466 e. The molecule has 0 aliphatic heterocycles. The summed E-state index contributed by atoms with van der Waals surface area (Å²) >= 11 is 0. The highest BCUT2D eigenvalue weighted by molar-refractivity contribution is 5.69. The number of rotatable bonds is 6. The molecule has 0 saturated heterocycles. The van der Waals surface area contributed by atoms with Gasteiger partial charge in [0.1, 0.15) is 11.6 Å². The van der Waals surface area contributed by atoms with Crippen LogP contribution in [-0.4, -0.2) is 19.2 Å². The summed E-state index contributed by atoms with van der Waals surface area (Å²) in [6.45, 7) is -1.09. The molecule has 3 nitrogen and oxygen atoms in total. The predicted molar refractivity (Wildman–Crippen MR) is 58.0 cm³/mol. The van der Waals surface area contributed by atoms with Gasteiger partial charge in [-0.25, -0.2) is 4.39 Å². The lowest BCUT2D eigenvalue weighted by Crippen LogP contribution is -2.08. The number of carbonyl (C=O) groups is 1. The zero-order valence-corrected chi connectivity index (χ0v) is 9.79. The van der Waals surface area contributed by atoms with Crippen LogP contribution in [-0.2, 0) is 16.0 Å². The van der Waals surface area contributed by atoms with Gasteiger partial charge >= 0.3 is 12.6 Å². The number of hydrogen-bond acceptors (Lipinski definition) is 3. The zero-order chi connectivity index (χ0) is 13.5. The zero-order valence-electron chi connectivity index (χ0n) is 9.79. The Balaban J connectivity index is 2.72.